The first-order valence-electron chi connectivity index (χ1n) is 6.07. The summed E-state index contributed by atoms with van der Waals surface area (Å²) < 4.78 is 0. The molecular weight excluding hydrogens is 328 g/mol. The fraction of sp³-hybridized carbons (Fsp3) is 0.308. The van der Waals surface area contributed by atoms with Gasteiger partial charge in [-0.05, 0) is 24.8 Å². The van der Waals surface area contributed by atoms with Gasteiger partial charge < -0.3 is 10.4 Å². The second-order valence-corrected chi connectivity index (χ2v) is 7.25. The van der Waals surface area contributed by atoms with E-state index in [1.165, 1.54) is 11.8 Å². The Hall–Kier alpha value is -1.38. The van der Waals surface area contributed by atoms with Gasteiger partial charge in [-0.25, -0.2) is 9.78 Å². The molecule has 112 valence electrons. The largest absolute Gasteiger partial charge is 0.477 e. The van der Waals surface area contributed by atoms with Crippen molar-refractivity contribution in [3.63, 3.8) is 0 Å². The van der Waals surface area contributed by atoms with Crippen molar-refractivity contribution in [2.45, 2.75) is 19.6 Å². The van der Waals surface area contributed by atoms with E-state index >= 15 is 0 Å². The van der Waals surface area contributed by atoms with Gasteiger partial charge in [-0.15, -0.1) is 34.4 Å². The molecule has 5 nitrogen and oxygen atoms in total. The number of thiophene rings is 1. The summed E-state index contributed by atoms with van der Waals surface area (Å²) in [5, 5.41) is 16.5. The first-order chi connectivity index (χ1) is 9.97. The molecule has 2 N–H and O–H groups in total. The molecule has 0 radical (unpaired) electrons. The lowest BCUT2D eigenvalue weighted by Crippen LogP contribution is -2.16. The van der Waals surface area contributed by atoms with Gasteiger partial charge in [0, 0.05) is 11.1 Å². The van der Waals surface area contributed by atoms with E-state index in [2.05, 4.69) is 10.3 Å². The Morgan fingerprint density at radius 2 is 2.10 bits per heavy atom. The molecule has 0 aliphatic carbocycles. The zero-order chi connectivity index (χ0) is 15.4. The highest BCUT2D eigenvalue weighted by molar-refractivity contribution is 7.99. The van der Waals surface area contributed by atoms with Crippen LogP contribution < -0.4 is 5.32 Å². The number of aromatic carboxylic acids is 1. The summed E-state index contributed by atoms with van der Waals surface area (Å²) in [7, 11) is 0. The molecule has 0 saturated carbocycles. The van der Waals surface area contributed by atoms with E-state index in [4.69, 9.17) is 5.11 Å². The molecule has 0 unspecified atom stereocenters. The summed E-state index contributed by atoms with van der Waals surface area (Å²) in [6.45, 7) is 3.72. The third-order valence-electron chi connectivity index (χ3n) is 2.58. The highest BCUT2D eigenvalue weighted by Crippen LogP contribution is 2.27. The summed E-state index contributed by atoms with van der Waals surface area (Å²) in [5.41, 5.74) is 2.14. The first kappa shape index (κ1) is 16.0. The normalized spacial score (nSPS) is 10.6. The lowest BCUT2D eigenvalue weighted by Gasteiger charge is -2.05. The van der Waals surface area contributed by atoms with Crippen molar-refractivity contribution in [2.24, 2.45) is 0 Å². The number of nitrogens with zero attached hydrogens (tertiary/aromatic N) is 1. The van der Waals surface area contributed by atoms with Gasteiger partial charge in [0.05, 0.1) is 22.1 Å². The standard InChI is InChI=1S/C13H14N2O3S3/c1-7-3-21-12(13(17)18)11(7)15-10(16)6-19-4-9-5-20-8(2)14-9/h3,5H,4,6H2,1-2H3,(H,15,16)(H,17,18). The number of aryl methyl sites for hydroxylation is 2. The number of rotatable bonds is 6. The lowest BCUT2D eigenvalue weighted by atomic mass is 10.2. The molecule has 2 aromatic heterocycles. The monoisotopic (exact) mass is 342 g/mol. The smallest absolute Gasteiger partial charge is 0.348 e. The number of aromatic nitrogens is 1. The van der Waals surface area contributed by atoms with Crippen LogP contribution in [0, 0.1) is 13.8 Å². The Kier molecular flexibility index (Phi) is 5.38. The van der Waals surface area contributed by atoms with E-state index in [1.54, 1.807) is 23.6 Å². The quantitative estimate of drug-likeness (QED) is 0.841. The number of hydrogen-bond donors (Lipinski definition) is 2. The third kappa shape index (κ3) is 4.29. The number of carboxylic acids is 1. The topological polar surface area (TPSA) is 79.3 Å². The van der Waals surface area contributed by atoms with Crippen molar-refractivity contribution in [1.29, 1.82) is 0 Å². The predicted octanol–water partition coefficient (Wildman–Crippen LogP) is 3.39. The maximum Gasteiger partial charge on any atom is 0.348 e. The molecule has 0 aromatic carbocycles. The van der Waals surface area contributed by atoms with Crippen molar-refractivity contribution in [3.05, 3.63) is 31.9 Å². The number of carboxylic acid groups (broad SMARTS) is 1. The lowest BCUT2D eigenvalue weighted by molar-refractivity contribution is -0.113. The van der Waals surface area contributed by atoms with Crippen molar-refractivity contribution in [2.75, 3.05) is 11.1 Å². The number of hydrogen-bond acceptors (Lipinski definition) is 6. The Morgan fingerprint density at radius 1 is 1.33 bits per heavy atom. The minimum absolute atomic E-state index is 0.168. The second kappa shape index (κ2) is 7.06. The van der Waals surface area contributed by atoms with Crippen LogP contribution in [0.25, 0.3) is 0 Å². The third-order valence-corrected chi connectivity index (χ3v) is 5.46. The molecular formula is C13H14N2O3S3. The number of carbonyl (C=O) groups excluding carboxylic acids is 1. The van der Waals surface area contributed by atoms with Crippen LogP contribution in [0.2, 0.25) is 0 Å². The molecule has 8 heteroatoms. The second-order valence-electron chi connectivity index (χ2n) is 4.33. The van der Waals surface area contributed by atoms with Crippen molar-refractivity contribution in [3.8, 4) is 0 Å². The van der Waals surface area contributed by atoms with Crippen LogP contribution in [0.1, 0.15) is 25.9 Å². The van der Waals surface area contributed by atoms with Gasteiger partial charge in [-0.2, -0.15) is 0 Å². The van der Waals surface area contributed by atoms with Crippen LogP contribution in [-0.2, 0) is 10.5 Å². The summed E-state index contributed by atoms with van der Waals surface area (Å²) in [4.78, 5) is 27.5. The van der Waals surface area contributed by atoms with Gasteiger partial charge in [0.15, 0.2) is 0 Å². The van der Waals surface area contributed by atoms with Gasteiger partial charge >= 0.3 is 5.97 Å². The average molecular weight is 342 g/mol. The number of nitrogens with one attached hydrogen (secondary N) is 1. The number of thiazole rings is 1. The molecule has 0 aliphatic rings. The summed E-state index contributed by atoms with van der Waals surface area (Å²) in [5.74, 6) is -0.276. The molecule has 0 aliphatic heterocycles. The van der Waals surface area contributed by atoms with E-state index in [1.807, 2.05) is 12.3 Å². The zero-order valence-corrected chi connectivity index (χ0v) is 14.0. The number of amides is 1. The van der Waals surface area contributed by atoms with Crippen LogP contribution >= 0.6 is 34.4 Å². The van der Waals surface area contributed by atoms with E-state index in [0.717, 1.165) is 27.6 Å². The molecule has 1 amide bonds. The maximum absolute atomic E-state index is 11.9. The molecule has 2 aromatic rings. The molecule has 0 spiro atoms. The SMILES string of the molecule is Cc1nc(CSCC(=O)Nc2c(C)csc2C(=O)O)cs1. The molecule has 0 atom stereocenters. The summed E-state index contributed by atoms with van der Waals surface area (Å²) >= 11 is 4.16. The van der Waals surface area contributed by atoms with Crippen molar-refractivity contribution >= 4 is 52.0 Å². The minimum Gasteiger partial charge on any atom is -0.477 e. The van der Waals surface area contributed by atoms with Gasteiger partial charge in [0.1, 0.15) is 4.88 Å². The molecule has 0 bridgehead atoms. The van der Waals surface area contributed by atoms with Crippen molar-refractivity contribution < 1.29 is 14.7 Å². The maximum atomic E-state index is 11.9. The number of thioether (sulfide) groups is 1. The highest BCUT2D eigenvalue weighted by atomic mass is 32.2. The van der Waals surface area contributed by atoms with E-state index in [-0.39, 0.29) is 16.5 Å². The number of anilines is 1. The minimum atomic E-state index is -1.02. The van der Waals surface area contributed by atoms with Gasteiger partial charge in [0.25, 0.3) is 0 Å². The van der Waals surface area contributed by atoms with Gasteiger partial charge in [-0.1, -0.05) is 0 Å². The molecule has 2 rings (SSSR count). The fourth-order valence-electron chi connectivity index (χ4n) is 1.66. The molecule has 21 heavy (non-hydrogen) atoms. The van der Waals surface area contributed by atoms with Crippen LogP contribution in [0.3, 0.4) is 0 Å². The Morgan fingerprint density at radius 3 is 2.71 bits per heavy atom. The van der Waals surface area contributed by atoms with E-state index in [0.29, 0.717) is 11.4 Å². The first-order valence-corrected chi connectivity index (χ1v) is 8.98. The summed E-state index contributed by atoms with van der Waals surface area (Å²) in [6, 6.07) is 0. The predicted molar refractivity (Wildman–Crippen MR) is 87.7 cm³/mol. The zero-order valence-electron chi connectivity index (χ0n) is 11.5. The summed E-state index contributed by atoms with van der Waals surface area (Å²) in [6.07, 6.45) is 0. The van der Waals surface area contributed by atoms with Crippen molar-refractivity contribution in [1.82, 2.24) is 4.98 Å². The van der Waals surface area contributed by atoms with Crippen LogP contribution in [0.15, 0.2) is 10.8 Å². The van der Waals surface area contributed by atoms with Crippen LogP contribution in [-0.4, -0.2) is 27.7 Å². The number of carbonyl (C=O) groups is 2. The Bertz CT molecular complexity index is 663. The average Bonchev–Trinajstić information content (AvgIpc) is 2.97. The van der Waals surface area contributed by atoms with Gasteiger partial charge in [0.2, 0.25) is 5.91 Å². The van der Waals surface area contributed by atoms with Crippen LogP contribution in [0.4, 0.5) is 5.69 Å². The van der Waals surface area contributed by atoms with E-state index in [9.17, 15) is 9.59 Å². The molecule has 0 fully saturated rings. The Labute approximate surface area is 134 Å². The molecule has 2 heterocycles. The molecule has 0 saturated heterocycles. The van der Waals surface area contributed by atoms with Crippen LogP contribution in [0.5, 0.6) is 0 Å². The Balaban J connectivity index is 1.87. The fourth-order valence-corrected chi connectivity index (χ4v) is 3.93. The van der Waals surface area contributed by atoms with E-state index < -0.39 is 5.97 Å². The highest BCUT2D eigenvalue weighted by Gasteiger charge is 2.17. The van der Waals surface area contributed by atoms with Gasteiger partial charge in [-0.3, -0.25) is 4.79 Å².